The molecule has 0 spiro atoms. The average molecular weight is 313 g/mol. The molecule has 0 bridgehead atoms. The third-order valence-electron chi connectivity index (χ3n) is 3.48. The van der Waals surface area contributed by atoms with Crippen molar-refractivity contribution >= 4 is 5.91 Å². The van der Waals surface area contributed by atoms with Crippen molar-refractivity contribution in [3.05, 3.63) is 60.2 Å². The van der Waals surface area contributed by atoms with E-state index in [2.05, 4.69) is 5.32 Å². The van der Waals surface area contributed by atoms with Gasteiger partial charge < -0.3 is 19.5 Å². The Morgan fingerprint density at radius 3 is 2.65 bits per heavy atom. The van der Waals surface area contributed by atoms with E-state index in [0.717, 1.165) is 0 Å². The summed E-state index contributed by atoms with van der Waals surface area (Å²) in [5, 5.41) is 2.87. The summed E-state index contributed by atoms with van der Waals surface area (Å²) in [6.45, 7) is 2.09. The molecule has 3 rings (SSSR count). The molecule has 0 saturated carbocycles. The lowest BCUT2D eigenvalue weighted by Gasteiger charge is -2.23. The number of rotatable bonds is 5. The maximum Gasteiger partial charge on any atom is 0.255 e. The Balaban J connectivity index is 1.65. The van der Waals surface area contributed by atoms with Crippen molar-refractivity contribution in [3.63, 3.8) is 0 Å². The van der Waals surface area contributed by atoms with E-state index in [1.54, 1.807) is 12.1 Å². The third-order valence-corrected chi connectivity index (χ3v) is 3.48. The molecule has 1 aliphatic heterocycles. The minimum absolute atomic E-state index is 0.102. The van der Waals surface area contributed by atoms with Crippen LogP contribution in [0.2, 0.25) is 0 Å². The lowest BCUT2D eigenvalue weighted by Crippen LogP contribution is -2.39. The minimum atomic E-state index is -0.189. The van der Waals surface area contributed by atoms with E-state index >= 15 is 0 Å². The molecule has 0 aliphatic carbocycles. The van der Waals surface area contributed by atoms with Gasteiger partial charge in [0.1, 0.15) is 11.5 Å². The molecule has 0 aromatic heterocycles. The summed E-state index contributed by atoms with van der Waals surface area (Å²) >= 11 is 0. The molecule has 1 aliphatic rings. The number of benzene rings is 2. The van der Waals surface area contributed by atoms with Crippen LogP contribution in [-0.4, -0.2) is 38.4 Å². The van der Waals surface area contributed by atoms with E-state index in [9.17, 15) is 4.79 Å². The van der Waals surface area contributed by atoms with Gasteiger partial charge in [0, 0.05) is 6.54 Å². The first kappa shape index (κ1) is 15.5. The van der Waals surface area contributed by atoms with Gasteiger partial charge in [-0.05, 0) is 24.3 Å². The molecule has 1 amide bonds. The number of hydrogen-bond acceptors (Lipinski definition) is 4. The first-order valence-corrected chi connectivity index (χ1v) is 7.62. The third kappa shape index (κ3) is 4.31. The van der Waals surface area contributed by atoms with E-state index in [1.807, 2.05) is 42.5 Å². The molecular formula is C18H19NO4. The van der Waals surface area contributed by atoms with Crippen molar-refractivity contribution in [2.45, 2.75) is 6.10 Å². The van der Waals surface area contributed by atoms with Gasteiger partial charge >= 0.3 is 0 Å². The van der Waals surface area contributed by atoms with Gasteiger partial charge in [0.25, 0.3) is 5.91 Å². The molecule has 1 N–H and O–H groups in total. The quantitative estimate of drug-likeness (QED) is 0.922. The molecule has 1 fully saturated rings. The van der Waals surface area contributed by atoms with E-state index < -0.39 is 0 Å². The summed E-state index contributed by atoms with van der Waals surface area (Å²) < 4.78 is 16.6. The van der Waals surface area contributed by atoms with Crippen LogP contribution in [0.5, 0.6) is 11.5 Å². The van der Waals surface area contributed by atoms with Crippen LogP contribution in [0.4, 0.5) is 0 Å². The zero-order chi connectivity index (χ0) is 15.9. The SMILES string of the molecule is O=C(NCC1COCCO1)c1ccccc1Oc1ccccc1. The molecule has 23 heavy (non-hydrogen) atoms. The molecule has 1 heterocycles. The Morgan fingerprint density at radius 2 is 1.87 bits per heavy atom. The minimum Gasteiger partial charge on any atom is -0.457 e. The van der Waals surface area contributed by atoms with E-state index in [1.165, 1.54) is 0 Å². The normalized spacial score (nSPS) is 17.5. The summed E-state index contributed by atoms with van der Waals surface area (Å²) in [6, 6.07) is 16.6. The number of nitrogens with one attached hydrogen (secondary N) is 1. The van der Waals surface area contributed by atoms with Gasteiger partial charge in [-0.2, -0.15) is 0 Å². The maximum absolute atomic E-state index is 12.4. The number of hydrogen-bond donors (Lipinski definition) is 1. The highest BCUT2D eigenvalue weighted by molar-refractivity contribution is 5.97. The van der Waals surface area contributed by atoms with Gasteiger partial charge in [-0.15, -0.1) is 0 Å². The molecule has 1 unspecified atom stereocenters. The largest absolute Gasteiger partial charge is 0.457 e. The van der Waals surface area contributed by atoms with Gasteiger partial charge in [0.2, 0.25) is 0 Å². The number of carbonyl (C=O) groups is 1. The van der Waals surface area contributed by atoms with E-state index in [0.29, 0.717) is 43.4 Å². The molecule has 2 aromatic carbocycles. The van der Waals surface area contributed by atoms with Crippen molar-refractivity contribution in [1.29, 1.82) is 0 Å². The van der Waals surface area contributed by atoms with Gasteiger partial charge in [0.15, 0.2) is 0 Å². The number of amides is 1. The molecule has 5 nitrogen and oxygen atoms in total. The van der Waals surface area contributed by atoms with E-state index in [4.69, 9.17) is 14.2 Å². The van der Waals surface area contributed by atoms with Crippen LogP contribution in [0.15, 0.2) is 54.6 Å². The fourth-order valence-corrected chi connectivity index (χ4v) is 2.31. The number of carbonyl (C=O) groups excluding carboxylic acids is 1. The van der Waals surface area contributed by atoms with Crippen LogP contribution in [-0.2, 0) is 9.47 Å². The highest BCUT2D eigenvalue weighted by Crippen LogP contribution is 2.24. The zero-order valence-corrected chi connectivity index (χ0v) is 12.7. The Kier molecular flexibility index (Phi) is 5.24. The monoisotopic (exact) mass is 313 g/mol. The fourth-order valence-electron chi connectivity index (χ4n) is 2.31. The van der Waals surface area contributed by atoms with Crippen molar-refractivity contribution in [2.75, 3.05) is 26.4 Å². The van der Waals surface area contributed by atoms with Crippen molar-refractivity contribution in [3.8, 4) is 11.5 Å². The molecule has 1 atom stereocenters. The highest BCUT2D eigenvalue weighted by atomic mass is 16.6. The van der Waals surface area contributed by atoms with Gasteiger partial charge in [-0.25, -0.2) is 0 Å². The van der Waals surface area contributed by atoms with Gasteiger partial charge in [0.05, 0.1) is 31.5 Å². The highest BCUT2D eigenvalue weighted by Gasteiger charge is 2.17. The van der Waals surface area contributed by atoms with Crippen molar-refractivity contribution in [2.24, 2.45) is 0 Å². The molecule has 0 radical (unpaired) electrons. The van der Waals surface area contributed by atoms with Crippen LogP contribution in [0.1, 0.15) is 10.4 Å². The Hall–Kier alpha value is -2.37. The lowest BCUT2D eigenvalue weighted by atomic mass is 10.2. The predicted molar refractivity (Wildman–Crippen MR) is 85.9 cm³/mol. The Labute approximate surface area is 135 Å². The topological polar surface area (TPSA) is 56.8 Å². The van der Waals surface area contributed by atoms with Crippen LogP contribution in [0.25, 0.3) is 0 Å². The first-order chi connectivity index (χ1) is 11.3. The molecule has 120 valence electrons. The molecule has 2 aromatic rings. The second kappa shape index (κ2) is 7.76. The van der Waals surface area contributed by atoms with Crippen LogP contribution in [0.3, 0.4) is 0 Å². The van der Waals surface area contributed by atoms with Crippen LogP contribution >= 0.6 is 0 Å². The number of para-hydroxylation sites is 2. The standard InChI is InChI=1S/C18H19NO4/c20-18(19-12-15-13-21-10-11-22-15)16-8-4-5-9-17(16)23-14-6-2-1-3-7-14/h1-9,15H,10-13H2,(H,19,20). The smallest absolute Gasteiger partial charge is 0.255 e. The lowest BCUT2D eigenvalue weighted by molar-refractivity contribution is -0.0855. The first-order valence-electron chi connectivity index (χ1n) is 7.62. The van der Waals surface area contributed by atoms with Gasteiger partial charge in [-0.3, -0.25) is 4.79 Å². The van der Waals surface area contributed by atoms with Crippen LogP contribution < -0.4 is 10.1 Å². The summed E-state index contributed by atoms with van der Waals surface area (Å²) in [7, 11) is 0. The predicted octanol–water partition coefficient (Wildman–Crippen LogP) is 2.62. The van der Waals surface area contributed by atoms with Crippen molar-refractivity contribution < 1.29 is 19.0 Å². The van der Waals surface area contributed by atoms with E-state index in [-0.39, 0.29) is 12.0 Å². The van der Waals surface area contributed by atoms with Crippen LogP contribution in [0, 0.1) is 0 Å². The molecule has 5 heteroatoms. The Bertz CT molecular complexity index is 638. The van der Waals surface area contributed by atoms with Crippen molar-refractivity contribution in [1.82, 2.24) is 5.32 Å². The summed E-state index contributed by atoms with van der Waals surface area (Å²) in [5.74, 6) is 1.03. The average Bonchev–Trinajstić information content (AvgIpc) is 2.62. The summed E-state index contributed by atoms with van der Waals surface area (Å²) in [4.78, 5) is 12.4. The van der Waals surface area contributed by atoms with Gasteiger partial charge in [-0.1, -0.05) is 30.3 Å². The number of ether oxygens (including phenoxy) is 3. The maximum atomic E-state index is 12.4. The fraction of sp³-hybridized carbons (Fsp3) is 0.278. The molecular weight excluding hydrogens is 294 g/mol. The summed E-state index contributed by atoms with van der Waals surface area (Å²) in [5.41, 5.74) is 0.494. The second-order valence-corrected chi connectivity index (χ2v) is 5.19. The second-order valence-electron chi connectivity index (χ2n) is 5.19. The molecule has 1 saturated heterocycles. The zero-order valence-electron chi connectivity index (χ0n) is 12.7. The summed E-state index contributed by atoms with van der Waals surface area (Å²) in [6.07, 6.45) is -0.102. The Morgan fingerprint density at radius 1 is 1.09 bits per heavy atom.